The minimum atomic E-state index is -1.43. The van der Waals surface area contributed by atoms with Crippen molar-refractivity contribution >= 4 is 16.8 Å². The van der Waals surface area contributed by atoms with Gasteiger partial charge in [0.2, 0.25) is 0 Å². The number of rotatable bonds is 5. The highest BCUT2D eigenvalue weighted by molar-refractivity contribution is 7.86. The SMILES string of the molecule is CC(C)c1ccc(CS(=O)C(C)(C)C(=O)O)cc1. The zero-order chi connectivity index (χ0) is 13.9. The van der Waals surface area contributed by atoms with Gasteiger partial charge in [-0.2, -0.15) is 0 Å². The van der Waals surface area contributed by atoms with E-state index < -0.39 is 21.5 Å². The third kappa shape index (κ3) is 3.42. The predicted octanol–water partition coefficient (Wildman–Crippen LogP) is 2.92. The fourth-order valence-electron chi connectivity index (χ4n) is 1.43. The van der Waals surface area contributed by atoms with Crippen LogP contribution in [0, 0.1) is 0 Å². The van der Waals surface area contributed by atoms with E-state index in [2.05, 4.69) is 13.8 Å². The van der Waals surface area contributed by atoms with Gasteiger partial charge < -0.3 is 5.11 Å². The van der Waals surface area contributed by atoms with E-state index in [0.29, 0.717) is 5.92 Å². The van der Waals surface area contributed by atoms with Gasteiger partial charge in [0.25, 0.3) is 0 Å². The summed E-state index contributed by atoms with van der Waals surface area (Å²) in [6.07, 6.45) is 0. The molecule has 0 bridgehead atoms. The Morgan fingerprint density at radius 3 is 2.17 bits per heavy atom. The molecule has 0 aliphatic rings. The molecule has 0 radical (unpaired) electrons. The van der Waals surface area contributed by atoms with Crippen molar-refractivity contribution in [1.82, 2.24) is 0 Å². The second kappa shape index (κ2) is 5.65. The molecule has 1 atom stereocenters. The standard InChI is InChI=1S/C14H20O3S/c1-10(2)12-7-5-11(6-8-12)9-18(17)14(3,4)13(15)16/h5-8,10H,9H2,1-4H3,(H,15,16). The summed E-state index contributed by atoms with van der Waals surface area (Å²) in [5.41, 5.74) is 2.13. The summed E-state index contributed by atoms with van der Waals surface area (Å²) in [6.45, 7) is 7.21. The van der Waals surface area contributed by atoms with Gasteiger partial charge in [-0.25, -0.2) is 0 Å². The molecule has 4 heteroatoms. The molecular weight excluding hydrogens is 248 g/mol. The van der Waals surface area contributed by atoms with Crippen molar-refractivity contribution in [2.45, 2.75) is 44.1 Å². The smallest absolute Gasteiger partial charge is 0.321 e. The molecule has 0 spiro atoms. The Hall–Kier alpha value is -1.16. The van der Waals surface area contributed by atoms with E-state index in [1.54, 1.807) is 0 Å². The highest BCUT2D eigenvalue weighted by atomic mass is 32.2. The maximum atomic E-state index is 12.0. The van der Waals surface area contributed by atoms with E-state index in [4.69, 9.17) is 5.11 Å². The predicted molar refractivity (Wildman–Crippen MR) is 74.1 cm³/mol. The summed E-state index contributed by atoms with van der Waals surface area (Å²) in [4.78, 5) is 11.0. The summed E-state index contributed by atoms with van der Waals surface area (Å²) < 4.78 is 10.8. The molecule has 3 nitrogen and oxygen atoms in total. The summed E-state index contributed by atoms with van der Waals surface area (Å²) in [5.74, 6) is -0.294. The van der Waals surface area contributed by atoms with E-state index in [-0.39, 0.29) is 5.75 Å². The maximum Gasteiger partial charge on any atom is 0.321 e. The quantitative estimate of drug-likeness (QED) is 0.893. The first-order valence-electron chi connectivity index (χ1n) is 5.96. The Kier molecular flexibility index (Phi) is 4.68. The molecule has 18 heavy (non-hydrogen) atoms. The van der Waals surface area contributed by atoms with Crippen molar-refractivity contribution < 1.29 is 14.1 Å². The second-order valence-corrected chi connectivity index (χ2v) is 7.20. The van der Waals surface area contributed by atoms with E-state index in [0.717, 1.165) is 5.56 Å². The van der Waals surface area contributed by atoms with E-state index in [1.807, 2.05) is 24.3 Å². The first-order chi connectivity index (χ1) is 8.25. The third-order valence-electron chi connectivity index (χ3n) is 3.03. The van der Waals surface area contributed by atoms with E-state index >= 15 is 0 Å². The zero-order valence-electron chi connectivity index (χ0n) is 11.3. The molecular formula is C14H20O3S. The Labute approximate surface area is 111 Å². The number of hydrogen-bond donors (Lipinski definition) is 1. The molecule has 0 saturated carbocycles. The summed E-state index contributed by atoms with van der Waals surface area (Å²) in [7, 11) is -1.43. The second-order valence-electron chi connectivity index (χ2n) is 5.20. The molecule has 0 aliphatic heterocycles. The monoisotopic (exact) mass is 268 g/mol. The number of hydrogen-bond acceptors (Lipinski definition) is 2. The lowest BCUT2D eigenvalue weighted by Crippen LogP contribution is -2.37. The van der Waals surface area contributed by atoms with Gasteiger partial charge in [-0.15, -0.1) is 0 Å². The Morgan fingerprint density at radius 1 is 1.28 bits per heavy atom. The molecule has 0 heterocycles. The van der Waals surface area contributed by atoms with Crippen molar-refractivity contribution in [3.05, 3.63) is 35.4 Å². The van der Waals surface area contributed by atoms with Crippen LogP contribution in [-0.4, -0.2) is 20.0 Å². The highest BCUT2D eigenvalue weighted by Gasteiger charge is 2.34. The first-order valence-corrected chi connectivity index (χ1v) is 7.27. The van der Waals surface area contributed by atoms with Crippen molar-refractivity contribution in [2.24, 2.45) is 0 Å². The van der Waals surface area contributed by atoms with Crippen LogP contribution in [0.1, 0.15) is 44.7 Å². The fraction of sp³-hybridized carbons (Fsp3) is 0.500. The lowest BCUT2D eigenvalue weighted by Gasteiger charge is -2.18. The molecule has 1 aromatic rings. The Morgan fingerprint density at radius 2 is 1.78 bits per heavy atom. The van der Waals surface area contributed by atoms with Crippen LogP contribution >= 0.6 is 0 Å². The number of carboxylic acid groups (broad SMARTS) is 1. The average molecular weight is 268 g/mol. The molecule has 0 saturated heterocycles. The summed E-state index contributed by atoms with van der Waals surface area (Å²) >= 11 is 0. The van der Waals surface area contributed by atoms with Crippen LogP contribution in [0.5, 0.6) is 0 Å². The minimum absolute atomic E-state index is 0.275. The van der Waals surface area contributed by atoms with Crippen molar-refractivity contribution in [1.29, 1.82) is 0 Å². The number of aliphatic carboxylic acids is 1. The number of benzene rings is 1. The molecule has 1 unspecified atom stereocenters. The molecule has 1 rings (SSSR count). The van der Waals surface area contributed by atoms with Crippen molar-refractivity contribution in [2.75, 3.05) is 0 Å². The van der Waals surface area contributed by atoms with Gasteiger partial charge in [-0.3, -0.25) is 9.00 Å². The lowest BCUT2D eigenvalue weighted by molar-refractivity contribution is -0.139. The lowest BCUT2D eigenvalue weighted by atomic mass is 10.0. The van der Waals surface area contributed by atoms with Crippen LogP contribution in [0.15, 0.2) is 24.3 Å². The molecule has 0 aliphatic carbocycles. The van der Waals surface area contributed by atoms with Gasteiger partial charge in [0, 0.05) is 16.6 Å². The summed E-state index contributed by atoms with van der Waals surface area (Å²) in [6, 6.07) is 7.85. The van der Waals surface area contributed by atoms with Gasteiger partial charge in [-0.1, -0.05) is 38.1 Å². The molecule has 0 amide bonds. The van der Waals surface area contributed by atoms with E-state index in [9.17, 15) is 9.00 Å². The maximum absolute atomic E-state index is 12.0. The molecule has 1 N–H and O–H groups in total. The van der Waals surface area contributed by atoms with Gasteiger partial charge in [0.05, 0.1) is 0 Å². The van der Waals surface area contributed by atoms with Crippen LogP contribution in [0.25, 0.3) is 0 Å². The molecule has 1 aromatic carbocycles. The third-order valence-corrected chi connectivity index (χ3v) is 4.94. The van der Waals surface area contributed by atoms with E-state index in [1.165, 1.54) is 19.4 Å². The number of carboxylic acids is 1. The summed E-state index contributed by atoms with van der Waals surface area (Å²) in [5, 5.41) is 9.01. The van der Waals surface area contributed by atoms with Crippen LogP contribution in [0.3, 0.4) is 0 Å². The first kappa shape index (κ1) is 14.9. The minimum Gasteiger partial charge on any atom is -0.480 e. The van der Waals surface area contributed by atoms with Crippen LogP contribution in [0.4, 0.5) is 0 Å². The largest absolute Gasteiger partial charge is 0.480 e. The molecule has 100 valence electrons. The van der Waals surface area contributed by atoms with Gasteiger partial charge in [-0.05, 0) is 30.9 Å². The Balaban J connectivity index is 2.80. The van der Waals surface area contributed by atoms with Crippen LogP contribution in [-0.2, 0) is 21.3 Å². The van der Waals surface area contributed by atoms with Crippen LogP contribution < -0.4 is 0 Å². The average Bonchev–Trinajstić information content (AvgIpc) is 2.29. The van der Waals surface area contributed by atoms with Crippen LogP contribution in [0.2, 0.25) is 0 Å². The molecule has 0 fully saturated rings. The topological polar surface area (TPSA) is 54.4 Å². The van der Waals surface area contributed by atoms with Gasteiger partial charge >= 0.3 is 5.97 Å². The number of carbonyl (C=O) groups is 1. The van der Waals surface area contributed by atoms with Gasteiger partial charge in [0.15, 0.2) is 0 Å². The zero-order valence-corrected chi connectivity index (χ0v) is 12.1. The van der Waals surface area contributed by atoms with Gasteiger partial charge in [0.1, 0.15) is 4.75 Å². The molecule has 0 aromatic heterocycles. The van der Waals surface area contributed by atoms with Crippen molar-refractivity contribution in [3.63, 3.8) is 0 Å². The highest BCUT2D eigenvalue weighted by Crippen LogP contribution is 2.20. The normalized spacial score (nSPS) is 13.6. The van der Waals surface area contributed by atoms with Crippen molar-refractivity contribution in [3.8, 4) is 0 Å². The fourth-order valence-corrected chi connectivity index (χ4v) is 2.48. The Bertz CT molecular complexity index is 447.